The van der Waals surface area contributed by atoms with Crippen molar-refractivity contribution >= 4 is 5.91 Å². The molecule has 2 aromatic carbocycles. The van der Waals surface area contributed by atoms with E-state index in [4.69, 9.17) is 5.26 Å². The third-order valence-electron chi connectivity index (χ3n) is 5.92. The summed E-state index contributed by atoms with van der Waals surface area (Å²) in [4.78, 5) is 18.8. The Morgan fingerprint density at radius 3 is 2.48 bits per heavy atom. The molecule has 5 heteroatoms. The molecule has 3 saturated heterocycles. The van der Waals surface area contributed by atoms with Crippen LogP contribution in [0.2, 0.25) is 0 Å². The standard InChI is InChI=1S/C24H20N4O/c25-13-16-4-3-5-19(12-16)17-7-9-18(10-8-17)23-21-14-28(15-22(23)27-21)24(29)20-6-1-2-11-26-20/h1-12,21-23,27H,14-15H2/t21-,22+,23?. The van der Waals surface area contributed by atoms with E-state index in [9.17, 15) is 4.79 Å². The number of carbonyl (C=O) groups excluding carboxylic acids is 1. The number of fused-ring (bicyclic) bond motifs is 2. The Bertz CT molecular complexity index is 1080. The van der Waals surface area contributed by atoms with Gasteiger partial charge < -0.3 is 10.2 Å². The summed E-state index contributed by atoms with van der Waals surface area (Å²) in [6, 6.07) is 24.4. The Kier molecular flexibility index (Phi) is 4.34. The van der Waals surface area contributed by atoms with E-state index in [-0.39, 0.29) is 18.0 Å². The number of aromatic nitrogens is 1. The molecule has 29 heavy (non-hydrogen) atoms. The fourth-order valence-corrected chi connectivity index (χ4v) is 4.47. The van der Waals surface area contributed by atoms with Crippen molar-refractivity contribution in [1.29, 1.82) is 5.26 Å². The van der Waals surface area contributed by atoms with E-state index in [1.165, 1.54) is 5.56 Å². The zero-order valence-corrected chi connectivity index (χ0v) is 15.8. The van der Waals surface area contributed by atoms with E-state index in [2.05, 4.69) is 40.6 Å². The average Bonchev–Trinajstić information content (AvgIpc) is 2.79. The second kappa shape index (κ2) is 7.16. The smallest absolute Gasteiger partial charge is 0.272 e. The first kappa shape index (κ1) is 17.6. The second-order valence-electron chi connectivity index (χ2n) is 7.65. The molecule has 3 aromatic rings. The van der Waals surface area contributed by atoms with Gasteiger partial charge >= 0.3 is 0 Å². The number of piperidine rings is 1. The molecular formula is C24H20N4O. The number of hydrogen-bond acceptors (Lipinski definition) is 4. The summed E-state index contributed by atoms with van der Waals surface area (Å²) < 4.78 is 0. The van der Waals surface area contributed by atoms with E-state index in [1.807, 2.05) is 41.3 Å². The number of benzene rings is 2. The van der Waals surface area contributed by atoms with Crippen molar-refractivity contribution in [3.8, 4) is 17.2 Å². The molecule has 4 heterocycles. The number of amides is 1. The van der Waals surface area contributed by atoms with Gasteiger partial charge in [-0.2, -0.15) is 5.26 Å². The molecule has 5 nitrogen and oxygen atoms in total. The van der Waals surface area contributed by atoms with Crippen LogP contribution >= 0.6 is 0 Å². The van der Waals surface area contributed by atoms with Gasteiger partial charge in [0.05, 0.1) is 11.6 Å². The number of nitriles is 1. The van der Waals surface area contributed by atoms with Crippen LogP contribution in [0, 0.1) is 11.3 Å². The molecule has 3 atom stereocenters. The Balaban J connectivity index is 1.30. The van der Waals surface area contributed by atoms with E-state index in [1.54, 1.807) is 12.3 Å². The number of nitrogens with zero attached hydrogens (tertiary/aromatic N) is 3. The Labute approximate surface area is 169 Å². The molecule has 3 aliphatic heterocycles. The summed E-state index contributed by atoms with van der Waals surface area (Å²) in [5, 5.41) is 12.7. The van der Waals surface area contributed by atoms with Gasteiger partial charge in [-0.15, -0.1) is 0 Å². The first-order chi connectivity index (χ1) is 14.2. The van der Waals surface area contributed by atoms with Crippen molar-refractivity contribution in [2.45, 2.75) is 18.0 Å². The summed E-state index contributed by atoms with van der Waals surface area (Å²) in [6.07, 6.45) is 1.66. The maximum atomic E-state index is 12.7. The molecular weight excluding hydrogens is 360 g/mol. The molecule has 142 valence electrons. The van der Waals surface area contributed by atoms with E-state index in [0.717, 1.165) is 11.1 Å². The van der Waals surface area contributed by atoms with Gasteiger partial charge in [0.1, 0.15) is 5.69 Å². The largest absolute Gasteiger partial charge is 0.334 e. The van der Waals surface area contributed by atoms with Gasteiger partial charge in [0, 0.05) is 37.3 Å². The maximum Gasteiger partial charge on any atom is 0.272 e. The van der Waals surface area contributed by atoms with E-state index < -0.39 is 0 Å². The average molecular weight is 380 g/mol. The lowest BCUT2D eigenvalue weighted by molar-refractivity contribution is 0.0362. The highest BCUT2D eigenvalue weighted by Gasteiger charge is 2.48. The Hall–Kier alpha value is -3.49. The van der Waals surface area contributed by atoms with E-state index in [0.29, 0.717) is 30.3 Å². The van der Waals surface area contributed by atoms with Gasteiger partial charge in [-0.25, -0.2) is 0 Å². The van der Waals surface area contributed by atoms with Crippen LogP contribution in [-0.4, -0.2) is 41.0 Å². The maximum absolute atomic E-state index is 12.7. The molecule has 0 aliphatic carbocycles. The summed E-state index contributed by atoms with van der Waals surface area (Å²) >= 11 is 0. The van der Waals surface area contributed by atoms with Gasteiger partial charge in [0.15, 0.2) is 0 Å². The monoisotopic (exact) mass is 380 g/mol. The van der Waals surface area contributed by atoms with Crippen molar-refractivity contribution < 1.29 is 4.79 Å². The van der Waals surface area contributed by atoms with Gasteiger partial charge in [-0.3, -0.25) is 9.78 Å². The SMILES string of the molecule is N#Cc1cccc(-c2ccc(C3[C@@H]4CN(C(=O)c5ccccn5)C[C@H]3N4)cc2)c1. The second-order valence-corrected chi connectivity index (χ2v) is 7.65. The minimum atomic E-state index is 0.00766. The van der Waals surface area contributed by atoms with Crippen molar-refractivity contribution in [3.05, 3.63) is 89.7 Å². The lowest BCUT2D eigenvalue weighted by atomic mass is 9.74. The molecule has 3 aliphatic rings. The fraction of sp³-hybridized carbons (Fsp3) is 0.208. The number of carbonyl (C=O) groups is 1. The van der Waals surface area contributed by atoms with Gasteiger partial charge in [0.2, 0.25) is 0 Å². The number of rotatable bonds is 3. The van der Waals surface area contributed by atoms with Gasteiger partial charge in [-0.05, 0) is 41.0 Å². The highest BCUT2D eigenvalue weighted by Crippen LogP contribution is 2.37. The van der Waals surface area contributed by atoms with Crippen LogP contribution in [0.1, 0.15) is 27.5 Å². The summed E-state index contributed by atoms with van der Waals surface area (Å²) in [7, 11) is 0. The minimum Gasteiger partial charge on any atom is -0.334 e. The number of piperazine rings is 1. The van der Waals surface area contributed by atoms with Crippen LogP contribution in [0.15, 0.2) is 72.9 Å². The highest BCUT2D eigenvalue weighted by atomic mass is 16.2. The molecule has 0 radical (unpaired) electrons. The highest BCUT2D eigenvalue weighted by molar-refractivity contribution is 5.92. The fourth-order valence-electron chi connectivity index (χ4n) is 4.47. The third kappa shape index (κ3) is 3.18. The van der Waals surface area contributed by atoms with E-state index >= 15 is 0 Å². The minimum absolute atomic E-state index is 0.00766. The predicted molar refractivity (Wildman–Crippen MR) is 110 cm³/mol. The molecule has 0 saturated carbocycles. The molecule has 2 bridgehead atoms. The van der Waals surface area contributed by atoms with Gasteiger partial charge in [-0.1, -0.05) is 42.5 Å². The number of hydrogen-bond donors (Lipinski definition) is 1. The molecule has 1 N–H and O–H groups in total. The number of nitrogens with one attached hydrogen (secondary N) is 1. The molecule has 1 unspecified atom stereocenters. The van der Waals surface area contributed by atoms with Crippen LogP contribution in [0.4, 0.5) is 0 Å². The third-order valence-corrected chi connectivity index (χ3v) is 5.92. The van der Waals surface area contributed by atoms with Crippen molar-refractivity contribution in [1.82, 2.24) is 15.2 Å². The van der Waals surface area contributed by atoms with Crippen LogP contribution < -0.4 is 5.32 Å². The first-order valence-corrected chi connectivity index (χ1v) is 9.80. The van der Waals surface area contributed by atoms with Gasteiger partial charge in [0.25, 0.3) is 5.91 Å². The zero-order valence-electron chi connectivity index (χ0n) is 15.8. The molecule has 3 fully saturated rings. The predicted octanol–water partition coefficient (Wildman–Crippen LogP) is 3.20. The lowest BCUT2D eigenvalue weighted by Gasteiger charge is -2.54. The van der Waals surface area contributed by atoms with Crippen LogP contribution in [-0.2, 0) is 0 Å². The van der Waals surface area contributed by atoms with Crippen LogP contribution in [0.3, 0.4) is 0 Å². The van der Waals surface area contributed by atoms with Crippen LogP contribution in [0.25, 0.3) is 11.1 Å². The molecule has 1 aromatic heterocycles. The zero-order chi connectivity index (χ0) is 19.8. The topological polar surface area (TPSA) is 69.0 Å². The molecule has 0 spiro atoms. The summed E-state index contributed by atoms with van der Waals surface area (Å²) in [6.45, 7) is 1.39. The quantitative estimate of drug-likeness (QED) is 0.758. The van der Waals surface area contributed by atoms with Crippen LogP contribution in [0.5, 0.6) is 0 Å². The Morgan fingerprint density at radius 2 is 1.79 bits per heavy atom. The Morgan fingerprint density at radius 1 is 1.00 bits per heavy atom. The lowest BCUT2D eigenvalue weighted by Crippen LogP contribution is -2.72. The normalized spacial score (nSPS) is 22.4. The first-order valence-electron chi connectivity index (χ1n) is 9.80. The summed E-state index contributed by atoms with van der Waals surface area (Å²) in [5.74, 6) is 0.426. The molecule has 6 rings (SSSR count). The molecule has 1 amide bonds. The number of pyridine rings is 1. The summed E-state index contributed by atoms with van der Waals surface area (Å²) in [5.41, 5.74) is 4.63. The van der Waals surface area contributed by atoms with Crippen molar-refractivity contribution in [2.75, 3.05) is 13.1 Å². The van der Waals surface area contributed by atoms with Crippen molar-refractivity contribution in [2.24, 2.45) is 0 Å². The van der Waals surface area contributed by atoms with Crippen molar-refractivity contribution in [3.63, 3.8) is 0 Å².